The van der Waals surface area contributed by atoms with Crippen LogP contribution < -0.4 is 10.3 Å². The van der Waals surface area contributed by atoms with Crippen molar-refractivity contribution in [2.75, 3.05) is 26.3 Å². The van der Waals surface area contributed by atoms with E-state index in [0.717, 1.165) is 0 Å². The number of fused-ring (bicyclic) bond motifs is 2. The molecule has 10 nitrogen and oxygen atoms in total. The molecule has 202 valence electrons. The summed E-state index contributed by atoms with van der Waals surface area (Å²) in [7, 11) is 0. The lowest BCUT2D eigenvalue weighted by Gasteiger charge is -2.38. The van der Waals surface area contributed by atoms with Crippen LogP contribution in [0.3, 0.4) is 0 Å². The van der Waals surface area contributed by atoms with E-state index in [1.807, 2.05) is 19.9 Å². The van der Waals surface area contributed by atoms with Crippen LogP contribution in [0, 0.1) is 11.3 Å². The zero-order chi connectivity index (χ0) is 27.7. The number of ether oxygens (including phenoxy) is 2. The topological polar surface area (TPSA) is 126 Å². The van der Waals surface area contributed by atoms with Gasteiger partial charge in [-0.2, -0.15) is 10.4 Å². The van der Waals surface area contributed by atoms with E-state index in [2.05, 4.69) is 15.1 Å². The first-order chi connectivity index (χ1) is 18.6. The maximum absolute atomic E-state index is 13.2. The minimum atomic E-state index is -2.68. The summed E-state index contributed by atoms with van der Waals surface area (Å²) in [6.45, 7) is 4.02. The van der Waals surface area contributed by atoms with Crippen molar-refractivity contribution in [3.05, 3.63) is 63.8 Å². The van der Waals surface area contributed by atoms with Gasteiger partial charge in [-0.15, -0.1) is 0 Å². The van der Waals surface area contributed by atoms with Crippen LogP contribution in [-0.2, 0) is 22.5 Å². The summed E-state index contributed by atoms with van der Waals surface area (Å²) >= 11 is 0. The molecule has 0 spiro atoms. The third kappa shape index (κ3) is 5.58. The van der Waals surface area contributed by atoms with Gasteiger partial charge in [-0.25, -0.2) is 18.4 Å². The monoisotopic (exact) mass is 536 g/mol. The number of benzene rings is 2. The molecule has 39 heavy (non-hydrogen) atoms. The van der Waals surface area contributed by atoms with Crippen LogP contribution in [0.15, 0.2) is 41.2 Å². The number of morpholine rings is 1. The Morgan fingerprint density at radius 3 is 2.77 bits per heavy atom. The summed E-state index contributed by atoms with van der Waals surface area (Å²) in [5.74, 6) is 0.264. The molecule has 1 saturated heterocycles. The quantitative estimate of drug-likeness (QED) is 0.385. The molecule has 0 atom stereocenters. The lowest BCUT2D eigenvalue weighted by molar-refractivity contribution is -0.146. The fourth-order valence-electron chi connectivity index (χ4n) is 4.69. The molecule has 1 aliphatic heterocycles. The highest BCUT2D eigenvalue weighted by Crippen LogP contribution is 2.26. The molecule has 0 radical (unpaired) electrons. The molecule has 1 fully saturated rings. The van der Waals surface area contributed by atoms with Crippen LogP contribution in [0.25, 0.3) is 21.8 Å². The second-order valence-corrected chi connectivity index (χ2v) is 9.92. The molecule has 0 bridgehead atoms. The van der Waals surface area contributed by atoms with Crippen molar-refractivity contribution in [1.29, 1.82) is 5.26 Å². The van der Waals surface area contributed by atoms with Crippen molar-refractivity contribution in [2.45, 2.75) is 38.8 Å². The molecule has 1 aliphatic rings. The number of carbonyl (C=O) groups excluding carboxylic acids is 1. The maximum Gasteiger partial charge on any atom is 0.275 e. The summed E-state index contributed by atoms with van der Waals surface area (Å²) in [5.41, 5.74) is 0.719. The van der Waals surface area contributed by atoms with Crippen molar-refractivity contribution >= 4 is 27.7 Å². The van der Waals surface area contributed by atoms with Gasteiger partial charge in [0.2, 0.25) is 5.91 Å². The first kappa shape index (κ1) is 26.2. The SMILES string of the molecule is CC1(C)CN(C(=O)Cn2nc(Cc3nc4cc(OCC(F)F)c(C#N)cc4[nH]3)c3ccccc3c2=O)CCO1. The third-order valence-electron chi connectivity index (χ3n) is 6.46. The fraction of sp³-hybridized carbons (Fsp3) is 0.370. The predicted octanol–water partition coefficient (Wildman–Crippen LogP) is 3.02. The van der Waals surface area contributed by atoms with Gasteiger partial charge in [-0.1, -0.05) is 18.2 Å². The molecule has 12 heteroatoms. The number of carbonyl (C=O) groups is 1. The number of nitrogens with one attached hydrogen (secondary N) is 1. The van der Waals surface area contributed by atoms with Gasteiger partial charge in [0, 0.05) is 24.5 Å². The van der Waals surface area contributed by atoms with E-state index in [1.54, 1.807) is 29.2 Å². The van der Waals surface area contributed by atoms with Crippen LogP contribution in [-0.4, -0.2) is 68.9 Å². The maximum atomic E-state index is 13.2. The Labute approximate surface area is 221 Å². The number of hydrogen-bond acceptors (Lipinski definition) is 7. The van der Waals surface area contributed by atoms with Gasteiger partial charge in [0.15, 0.2) is 0 Å². The normalized spacial score (nSPS) is 15.1. The Balaban J connectivity index is 1.47. The van der Waals surface area contributed by atoms with Crippen LogP contribution in [0.1, 0.15) is 30.9 Å². The minimum absolute atomic E-state index is 0.0188. The predicted molar refractivity (Wildman–Crippen MR) is 138 cm³/mol. The Morgan fingerprint density at radius 2 is 2.05 bits per heavy atom. The number of nitrogens with zero attached hydrogens (tertiary/aromatic N) is 5. The van der Waals surface area contributed by atoms with E-state index in [9.17, 15) is 23.6 Å². The number of aromatic amines is 1. The molecule has 0 unspecified atom stereocenters. The molecule has 2 aromatic carbocycles. The molecule has 2 aromatic heterocycles. The number of nitriles is 1. The van der Waals surface area contributed by atoms with E-state index in [4.69, 9.17) is 9.47 Å². The van der Waals surface area contributed by atoms with Gasteiger partial charge in [0.05, 0.1) is 46.3 Å². The number of amides is 1. The van der Waals surface area contributed by atoms with Gasteiger partial charge in [0.25, 0.3) is 12.0 Å². The molecule has 0 saturated carbocycles. The zero-order valence-electron chi connectivity index (χ0n) is 21.4. The van der Waals surface area contributed by atoms with Gasteiger partial charge >= 0.3 is 0 Å². The minimum Gasteiger partial charge on any atom is -0.486 e. The lowest BCUT2D eigenvalue weighted by atomic mass is 10.1. The average Bonchev–Trinajstić information content (AvgIpc) is 3.29. The van der Waals surface area contributed by atoms with Crippen LogP contribution in [0.2, 0.25) is 0 Å². The summed E-state index contributed by atoms with van der Waals surface area (Å²) in [5, 5.41) is 15.0. The highest BCUT2D eigenvalue weighted by atomic mass is 19.3. The first-order valence-corrected chi connectivity index (χ1v) is 12.4. The fourth-order valence-corrected chi connectivity index (χ4v) is 4.69. The number of hydrogen-bond donors (Lipinski definition) is 1. The van der Waals surface area contributed by atoms with Crippen molar-refractivity contribution in [3.63, 3.8) is 0 Å². The van der Waals surface area contributed by atoms with E-state index in [0.29, 0.717) is 53.0 Å². The highest BCUT2D eigenvalue weighted by Gasteiger charge is 2.30. The Bertz CT molecular complexity index is 1660. The van der Waals surface area contributed by atoms with Crippen molar-refractivity contribution in [3.8, 4) is 11.8 Å². The van der Waals surface area contributed by atoms with E-state index >= 15 is 0 Å². The van der Waals surface area contributed by atoms with Crippen molar-refractivity contribution in [1.82, 2.24) is 24.6 Å². The van der Waals surface area contributed by atoms with Crippen LogP contribution >= 0.6 is 0 Å². The van der Waals surface area contributed by atoms with Crippen LogP contribution in [0.4, 0.5) is 8.78 Å². The second-order valence-electron chi connectivity index (χ2n) is 9.92. The Morgan fingerprint density at radius 1 is 1.28 bits per heavy atom. The second kappa shape index (κ2) is 10.4. The molecular weight excluding hydrogens is 510 g/mol. The Hall–Kier alpha value is -4.37. The van der Waals surface area contributed by atoms with E-state index in [-0.39, 0.29) is 35.7 Å². The molecule has 0 aliphatic carbocycles. The summed E-state index contributed by atoms with van der Waals surface area (Å²) in [4.78, 5) is 35.6. The highest BCUT2D eigenvalue weighted by molar-refractivity contribution is 5.85. The molecule has 3 heterocycles. The number of H-pyrrole nitrogens is 1. The average molecular weight is 537 g/mol. The zero-order valence-corrected chi connectivity index (χ0v) is 21.4. The molecular formula is C27H26F2N6O4. The largest absolute Gasteiger partial charge is 0.486 e. The van der Waals surface area contributed by atoms with Gasteiger partial charge < -0.3 is 19.4 Å². The number of rotatable bonds is 7. The molecule has 5 rings (SSSR count). The molecule has 4 aromatic rings. The molecule has 1 amide bonds. The van der Waals surface area contributed by atoms with Gasteiger partial charge in [0.1, 0.15) is 30.8 Å². The molecule has 1 N–H and O–H groups in total. The summed E-state index contributed by atoms with van der Waals surface area (Å²) in [6, 6.07) is 11.9. The summed E-state index contributed by atoms with van der Waals surface area (Å²) in [6.07, 6.45) is -2.50. The number of imidazole rings is 1. The van der Waals surface area contributed by atoms with Crippen molar-refractivity contribution < 1.29 is 23.0 Å². The van der Waals surface area contributed by atoms with E-state index in [1.165, 1.54) is 16.8 Å². The standard InChI is InChI=1S/C27H26F2N6O4/c1-27(2)15-34(7-8-39-27)25(36)13-35-26(37)18-6-4-3-5-17(18)19(33-35)11-24-31-20-9-16(12-30)22(10-21(20)32-24)38-14-23(28)29/h3-6,9-10,23H,7-8,11,13-15H2,1-2H3,(H,31,32). The van der Waals surface area contributed by atoms with Crippen molar-refractivity contribution in [2.24, 2.45) is 0 Å². The number of halogens is 2. The summed E-state index contributed by atoms with van der Waals surface area (Å²) < 4.78 is 37.2. The Kier molecular flexibility index (Phi) is 7.01. The third-order valence-corrected chi connectivity index (χ3v) is 6.46. The first-order valence-electron chi connectivity index (χ1n) is 12.4. The van der Waals surface area contributed by atoms with Gasteiger partial charge in [-0.3, -0.25) is 9.59 Å². The lowest BCUT2D eigenvalue weighted by Crippen LogP contribution is -2.51. The van der Waals surface area contributed by atoms with E-state index < -0.39 is 18.6 Å². The van der Waals surface area contributed by atoms with Crippen LogP contribution in [0.5, 0.6) is 5.75 Å². The number of aromatic nitrogens is 4. The number of alkyl halides is 2. The smallest absolute Gasteiger partial charge is 0.275 e. The van der Waals surface area contributed by atoms with Gasteiger partial charge in [-0.05, 0) is 26.0 Å².